The molecule has 0 radical (unpaired) electrons. The smallest absolute Gasteiger partial charge is 0.272 e. The largest absolute Gasteiger partial charge is 0.350 e. The number of amides is 3. The molecule has 1 atom stereocenters. The highest BCUT2D eigenvalue weighted by molar-refractivity contribution is 6.01. The predicted octanol–water partition coefficient (Wildman–Crippen LogP) is 1.68. The summed E-state index contributed by atoms with van der Waals surface area (Å²) >= 11 is 0. The van der Waals surface area contributed by atoms with E-state index in [-0.39, 0.29) is 29.7 Å². The number of nitrogens with zero attached hydrogens (tertiary/aromatic N) is 4. The van der Waals surface area contributed by atoms with Crippen LogP contribution in [0.15, 0.2) is 54.9 Å². The third kappa shape index (κ3) is 4.48. The van der Waals surface area contributed by atoms with E-state index in [1.165, 1.54) is 15.6 Å². The zero-order chi connectivity index (χ0) is 23.6. The first-order valence-electron chi connectivity index (χ1n) is 10.6. The lowest BCUT2D eigenvalue weighted by Crippen LogP contribution is -2.62. The van der Waals surface area contributed by atoms with Gasteiger partial charge in [0.25, 0.3) is 11.8 Å². The van der Waals surface area contributed by atoms with Gasteiger partial charge in [-0.25, -0.2) is 0 Å². The van der Waals surface area contributed by atoms with Gasteiger partial charge in [-0.15, -0.1) is 0 Å². The first-order valence-corrected chi connectivity index (χ1v) is 10.6. The lowest BCUT2D eigenvalue weighted by Gasteiger charge is -2.40. The van der Waals surface area contributed by atoms with E-state index in [0.29, 0.717) is 13.1 Å². The summed E-state index contributed by atoms with van der Waals surface area (Å²) in [7, 11) is 1.59. The fraction of sp³-hybridized carbons (Fsp3) is 0.292. The molecule has 4 rings (SSSR count). The summed E-state index contributed by atoms with van der Waals surface area (Å²) in [5, 5.41) is 10.0. The number of likely N-dealkylation sites (N-methyl/N-ethyl adjacent to an activating group) is 1. The van der Waals surface area contributed by atoms with Crippen molar-refractivity contribution in [3.8, 4) is 0 Å². The standard InChI is InChI=1S/C24H26N6O3/c1-16-6-8-17(9-7-16)13-27-23(33)24(2)15-30-20(22(32)29(24)3)11-19(28-30)21(31)26-14-18-5-4-10-25-12-18/h4-12H,13-15H2,1-3H3,(H,26,31)(H,27,33)/t24-/m0/s1. The molecule has 0 spiro atoms. The van der Waals surface area contributed by atoms with Crippen LogP contribution >= 0.6 is 0 Å². The predicted molar refractivity (Wildman–Crippen MR) is 121 cm³/mol. The SMILES string of the molecule is Cc1ccc(CNC(=O)[C@]2(C)Cn3nc(C(=O)NCc4cccnc4)cc3C(=O)N2C)cc1. The Kier molecular flexibility index (Phi) is 5.95. The van der Waals surface area contributed by atoms with Gasteiger partial charge in [0.2, 0.25) is 5.91 Å². The summed E-state index contributed by atoms with van der Waals surface area (Å²) in [6, 6.07) is 13.0. The van der Waals surface area contributed by atoms with Crippen molar-refractivity contribution in [2.45, 2.75) is 39.0 Å². The second-order valence-corrected chi connectivity index (χ2v) is 8.42. The summed E-state index contributed by atoms with van der Waals surface area (Å²) < 4.78 is 1.44. The number of fused-ring (bicyclic) bond motifs is 1. The van der Waals surface area contributed by atoms with E-state index < -0.39 is 11.4 Å². The fourth-order valence-electron chi connectivity index (χ4n) is 3.69. The van der Waals surface area contributed by atoms with Gasteiger partial charge < -0.3 is 15.5 Å². The van der Waals surface area contributed by atoms with Crippen molar-refractivity contribution >= 4 is 17.7 Å². The Bertz CT molecular complexity index is 1190. The van der Waals surface area contributed by atoms with E-state index in [2.05, 4.69) is 20.7 Å². The van der Waals surface area contributed by atoms with Crippen LogP contribution in [0, 0.1) is 6.92 Å². The maximum absolute atomic E-state index is 13.1. The quantitative estimate of drug-likeness (QED) is 0.599. The van der Waals surface area contributed by atoms with Gasteiger partial charge in [0, 0.05) is 38.6 Å². The molecule has 0 fully saturated rings. The molecule has 0 bridgehead atoms. The first-order chi connectivity index (χ1) is 15.8. The molecule has 170 valence electrons. The zero-order valence-electron chi connectivity index (χ0n) is 18.8. The normalized spacial score (nSPS) is 17.4. The average Bonchev–Trinajstić information content (AvgIpc) is 3.25. The zero-order valence-corrected chi connectivity index (χ0v) is 18.8. The molecular weight excluding hydrogens is 420 g/mol. The monoisotopic (exact) mass is 446 g/mol. The summed E-state index contributed by atoms with van der Waals surface area (Å²) in [6.45, 7) is 4.48. The van der Waals surface area contributed by atoms with E-state index in [1.807, 2.05) is 37.3 Å². The highest BCUT2D eigenvalue weighted by Crippen LogP contribution is 2.26. The minimum atomic E-state index is -1.15. The molecule has 0 aliphatic carbocycles. The second-order valence-electron chi connectivity index (χ2n) is 8.42. The van der Waals surface area contributed by atoms with Gasteiger partial charge in [-0.2, -0.15) is 5.10 Å². The number of nitrogens with one attached hydrogen (secondary N) is 2. The summed E-state index contributed by atoms with van der Waals surface area (Å²) in [6.07, 6.45) is 3.32. The molecule has 9 heteroatoms. The second kappa shape index (κ2) is 8.85. The highest BCUT2D eigenvalue weighted by atomic mass is 16.2. The molecule has 9 nitrogen and oxygen atoms in total. The van der Waals surface area contributed by atoms with Crippen LogP contribution < -0.4 is 10.6 Å². The maximum atomic E-state index is 13.1. The van der Waals surface area contributed by atoms with Crippen LogP contribution in [0.2, 0.25) is 0 Å². The lowest BCUT2D eigenvalue weighted by molar-refractivity contribution is -0.132. The van der Waals surface area contributed by atoms with Crippen molar-refractivity contribution in [2.75, 3.05) is 7.05 Å². The highest BCUT2D eigenvalue weighted by Gasteiger charge is 2.46. The minimum Gasteiger partial charge on any atom is -0.350 e. The van der Waals surface area contributed by atoms with Crippen LogP contribution in [-0.2, 0) is 24.4 Å². The lowest BCUT2D eigenvalue weighted by atomic mass is 9.95. The third-order valence-corrected chi connectivity index (χ3v) is 5.97. The summed E-state index contributed by atoms with van der Waals surface area (Å²) in [5.74, 6) is -1.06. The molecule has 1 aliphatic rings. The van der Waals surface area contributed by atoms with Crippen molar-refractivity contribution < 1.29 is 14.4 Å². The molecule has 1 aliphatic heterocycles. The van der Waals surface area contributed by atoms with Crippen LogP contribution in [0.3, 0.4) is 0 Å². The average molecular weight is 447 g/mol. The van der Waals surface area contributed by atoms with E-state index in [0.717, 1.165) is 16.7 Å². The van der Waals surface area contributed by atoms with Crippen LogP contribution in [0.5, 0.6) is 0 Å². The molecule has 3 aromatic rings. The summed E-state index contributed by atoms with van der Waals surface area (Å²) in [5.41, 5.74) is 2.21. The number of carbonyl (C=O) groups is 3. The van der Waals surface area contributed by atoms with Gasteiger partial charge in [-0.3, -0.25) is 24.0 Å². The Hall–Kier alpha value is -4.01. The van der Waals surface area contributed by atoms with Gasteiger partial charge in [0.15, 0.2) is 5.69 Å². The molecule has 1 aromatic carbocycles. The number of pyridine rings is 1. The number of benzene rings is 1. The van der Waals surface area contributed by atoms with Crippen molar-refractivity contribution in [3.05, 3.63) is 82.9 Å². The van der Waals surface area contributed by atoms with Crippen LogP contribution in [0.25, 0.3) is 0 Å². The van der Waals surface area contributed by atoms with E-state index in [9.17, 15) is 14.4 Å². The molecule has 2 aromatic heterocycles. The molecule has 3 heterocycles. The fourth-order valence-corrected chi connectivity index (χ4v) is 3.69. The van der Waals surface area contributed by atoms with E-state index in [4.69, 9.17) is 0 Å². The Labute approximate surface area is 191 Å². The molecule has 0 unspecified atom stereocenters. The number of hydrogen-bond donors (Lipinski definition) is 2. The number of rotatable bonds is 6. The van der Waals surface area contributed by atoms with Crippen molar-refractivity contribution in [1.82, 2.24) is 30.3 Å². The van der Waals surface area contributed by atoms with Gasteiger partial charge >= 0.3 is 0 Å². The Morgan fingerprint density at radius 3 is 2.52 bits per heavy atom. The molecule has 33 heavy (non-hydrogen) atoms. The van der Waals surface area contributed by atoms with Gasteiger partial charge in [0.1, 0.15) is 11.2 Å². The number of aryl methyl sites for hydroxylation is 1. The first kappa shape index (κ1) is 22.2. The van der Waals surface area contributed by atoms with E-state index in [1.54, 1.807) is 32.4 Å². The molecule has 3 amide bonds. The van der Waals surface area contributed by atoms with Crippen LogP contribution in [0.4, 0.5) is 0 Å². The summed E-state index contributed by atoms with van der Waals surface area (Å²) in [4.78, 5) is 44.1. The Morgan fingerprint density at radius 1 is 1.09 bits per heavy atom. The van der Waals surface area contributed by atoms with Gasteiger partial charge in [-0.05, 0) is 31.0 Å². The number of carbonyl (C=O) groups excluding carboxylic acids is 3. The molecule has 2 N–H and O–H groups in total. The van der Waals surface area contributed by atoms with Crippen molar-refractivity contribution in [2.24, 2.45) is 0 Å². The van der Waals surface area contributed by atoms with Gasteiger partial charge in [-0.1, -0.05) is 35.9 Å². The van der Waals surface area contributed by atoms with Crippen LogP contribution in [0.1, 0.15) is 44.6 Å². The molecular formula is C24H26N6O3. The van der Waals surface area contributed by atoms with Crippen molar-refractivity contribution in [3.63, 3.8) is 0 Å². The van der Waals surface area contributed by atoms with E-state index >= 15 is 0 Å². The van der Waals surface area contributed by atoms with Gasteiger partial charge in [0.05, 0.1) is 6.54 Å². The molecule has 0 saturated heterocycles. The Morgan fingerprint density at radius 2 is 1.82 bits per heavy atom. The number of hydrogen-bond acceptors (Lipinski definition) is 5. The minimum absolute atomic E-state index is 0.125. The number of aromatic nitrogens is 3. The maximum Gasteiger partial charge on any atom is 0.272 e. The molecule has 0 saturated carbocycles. The van der Waals surface area contributed by atoms with Crippen LogP contribution in [-0.4, -0.2) is 50.0 Å². The Balaban J connectivity index is 1.47. The third-order valence-electron chi connectivity index (χ3n) is 5.97. The van der Waals surface area contributed by atoms with Crippen molar-refractivity contribution in [1.29, 1.82) is 0 Å². The topological polar surface area (TPSA) is 109 Å².